The molecule has 0 spiro atoms. The Kier molecular flexibility index (Phi) is 6.23. The number of hydrogen-bond acceptors (Lipinski definition) is 6. The zero-order valence-corrected chi connectivity index (χ0v) is 19.1. The number of nitrogens with zero attached hydrogens (tertiary/aromatic N) is 2. The van der Waals surface area contributed by atoms with Gasteiger partial charge in [-0.15, -0.1) is 0 Å². The second-order valence-electron chi connectivity index (χ2n) is 8.54. The Balaban J connectivity index is 1.62. The standard InChI is InChI=1S/C26H29N3O4/c1-31-23-9-6-18(12-24(23)32-2)25-22(14-29-19-7-8-20(29)16-33-15-19)21-11-17(5-3-4-10-30)13-27-26(21)28-25/h6,9,11-13,19-20,30H,4,7-8,10,14-16H2,1-2H3,(H,27,28). The fraction of sp³-hybridized carbons (Fsp3) is 0.423. The molecule has 172 valence electrons. The minimum absolute atomic E-state index is 0.0569. The number of aliphatic hydroxyl groups excluding tert-OH is 1. The second-order valence-corrected chi connectivity index (χ2v) is 8.54. The van der Waals surface area contributed by atoms with E-state index >= 15 is 0 Å². The van der Waals surface area contributed by atoms with E-state index in [-0.39, 0.29) is 6.61 Å². The van der Waals surface area contributed by atoms with Crippen molar-refractivity contribution in [3.63, 3.8) is 0 Å². The van der Waals surface area contributed by atoms with E-state index in [1.165, 1.54) is 18.4 Å². The van der Waals surface area contributed by atoms with E-state index in [0.717, 1.165) is 47.6 Å². The Labute approximate surface area is 193 Å². The maximum atomic E-state index is 9.05. The van der Waals surface area contributed by atoms with Crippen molar-refractivity contribution in [3.05, 3.63) is 41.6 Å². The molecule has 2 fully saturated rings. The largest absolute Gasteiger partial charge is 0.493 e. The number of aliphatic hydroxyl groups is 1. The first-order valence-electron chi connectivity index (χ1n) is 11.4. The van der Waals surface area contributed by atoms with Crippen molar-refractivity contribution in [2.75, 3.05) is 34.0 Å². The summed E-state index contributed by atoms with van der Waals surface area (Å²) in [6.07, 6.45) is 4.58. The zero-order valence-electron chi connectivity index (χ0n) is 19.1. The molecule has 1 aromatic carbocycles. The minimum atomic E-state index is 0.0569. The molecule has 2 aliphatic rings. The van der Waals surface area contributed by atoms with Gasteiger partial charge < -0.3 is 24.3 Å². The lowest BCUT2D eigenvalue weighted by Gasteiger charge is -2.34. The lowest BCUT2D eigenvalue weighted by molar-refractivity contribution is -0.0184. The van der Waals surface area contributed by atoms with Gasteiger partial charge in [0.2, 0.25) is 0 Å². The van der Waals surface area contributed by atoms with Crippen molar-refractivity contribution in [3.8, 4) is 34.6 Å². The van der Waals surface area contributed by atoms with E-state index in [4.69, 9.17) is 19.3 Å². The van der Waals surface area contributed by atoms with E-state index in [9.17, 15) is 0 Å². The molecule has 2 bridgehead atoms. The van der Waals surface area contributed by atoms with Crippen LogP contribution in [-0.2, 0) is 11.3 Å². The molecule has 0 radical (unpaired) electrons. The molecule has 7 heteroatoms. The number of rotatable bonds is 6. The highest BCUT2D eigenvalue weighted by Crippen LogP contribution is 2.38. The number of aromatic nitrogens is 2. The third-order valence-corrected chi connectivity index (χ3v) is 6.63. The highest BCUT2D eigenvalue weighted by Gasteiger charge is 2.38. The van der Waals surface area contributed by atoms with Gasteiger partial charge in [-0.25, -0.2) is 4.98 Å². The Hall–Kier alpha value is -3.05. The Bertz CT molecular complexity index is 1190. The molecule has 33 heavy (non-hydrogen) atoms. The Morgan fingerprint density at radius 2 is 1.94 bits per heavy atom. The molecule has 4 heterocycles. The van der Waals surface area contributed by atoms with Crippen LogP contribution in [0.15, 0.2) is 30.5 Å². The number of benzene rings is 1. The fourth-order valence-corrected chi connectivity index (χ4v) is 4.97. The third-order valence-electron chi connectivity index (χ3n) is 6.63. The second kappa shape index (κ2) is 9.44. The first kappa shape index (κ1) is 21.8. The molecular weight excluding hydrogens is 418 g/mol. The van der Waals surface area contributed by atoms with E-state index in [0.29, 0.717) is 30.0 Å². The number of methoxy groups -OCH3 is 2. The van der Waals surface area contributed by atoms with Gasteiger partial charge in [-0.05, 0) is 37.1 Å². The van der Waals surface area contributed by atoms with Gasteiger partial charge >= 0.3 is 0 Å². The molecular formula is C26H29N3O4. The average Bonchev–Trinajstić information content (AvgIpc) is 3.30. The third kappa shape index (κ3) is 4.18. The summed E-state index contributed by atoms with van der Waals surface area (Å²) in [6, 6.07) is 8.99. The summed E-state index contributed by atoms with van der Waals surface area (Å²) in [7, 11) is 3.29. The van der Waals surface area contributed by atoms with Crippen molar-refractivity contribution in [1.29, 1.82) is 0 Å². The number of morpholine rings is 1. The lowest BCUT2D eigenvalue weighted by atomic mass is 10.0. The monoisotopic (exact) mass is 447 g/mol. The first-order valence-corrected chi connectivity index (χ1v) is 11.4. The normalized spacial score (nSPS) is 20.0. The summed E-state index contributed by atoms with van der Waals surface area (Å²) in [6.45, 7) is 2.46. The van der Waals surface area contributed by atoms with Gasteiger partial charge in [-0.1, -0.05) is 11.8 Å². The minimum Gasteiger partial charge on any atom is -0.493 e. The van der Waals surface area contributed by atoms with Crippen molar-refractivity contribution >= 4 is 11.0 Å². The van der Waals surface area contributed by atoms with Crippen molar-refractivity contribution in [1.82, 2.24) is 14.9 Å². The number of ether oxygens (including phenoxy) is 3. The number of H-pyrrole nitrogens is 1. The lowest BCUT2D eigenvalue weighted by Crippen LogP contribution is -2.45. The van der Waals surface area contributed by atoms with Crippen LogP contribution >= 0.6 is 0 Å². The SMILES string of the molecule is COc1ccc(-c2[nH]c3ncc(C#CCCO)cc3c2CN2C3CCC2COC3)cc1OC. The van der Waals surface area contributed by atoms with E-state index < -0.39 is 0 Å². The molecule has 2 aliphatic heterocycles. The molecule has 7 nitrogen and oxygen atoms in total. The smallest absolute Gasteiger partial charge is 0.161 e. The molecule has 2 saturated heterocycles. The molecule has 0 amide bonds. The number of fused-ring (bicyclic) bond motifs is 3. The topological polar surface area (TPSA) is 79.8 Å². The predicted octanol–water partition coefficient (Wildman–Crippen LogP) is 3.34. The highest BCUT2D eigenvalue weighted by molar-refractivity contribution is 5.89. The molecule has 2 aromatic heterocycles. The van der Waals surface area contributed by atoms with E-state index in [1.54, 1.807) is 20.4 Å². The van der Waals surface area contributed by atoms with Crippen molar-refractivity contribution in [2.24, 2.45) is 0 Å². The molecule has 3 aromatic rings. The number of aromatic amines is 1. The van der Waals surface area contributed by atoms with Crippen LogP contribution in [0, 0.1) is 11.8 Å². The van der Waals surface area contributed by atoms with Crippen LogP contribution in [0.5, 0.6) is 11.5 Å². The highest BCUT2D eigenvalue weighted by atomic mass is 16.5. The van der Waals surface area contributed by atoms with Crippen LogP contribution in [-0.4, -0.2) is 66.1 Å². The fourth-order valence-electron chi connectivity index (χ4n) is 4.97. The molecule has 2 unspecified atom stereocenters. The van der Waals surface area contributed by atoms with Crippen molar-refractivity contribution < 1.29 is 19.3 Å². The summed E-state index contributed by atoms with van der Waals surface area (Å²) in [4.78, 5) is 10.8. The number of nitrogens with one attached hydrogen (secondary N) is 1. The number of pyridine rings is 1. The zero-order chi connectivity index (χ0) is 22.8. The van der Waals surface area contributed by atoms with Crippen molar-refractivity contribution in [2.45, 2.75) is 37.9 Å². The Morgan fingerprint density at radius 3 is 2.67 bits per heavy atom. The summed E-state index contributed by atoms with van der Waals surface area (Å²) < 4.78 is 16.8. The van der Waals surface area contributed by atoms with Gasteiger partial charge in [0.1, 0.15) is 5.65 Å². The van der Waals surface area contributed by atoms with Crippen LogP contribution in [0.3, 0.4) is 0 Å². The molecule has 0 aliphatic carbocycles. The molecule has 2 atom stereocenters. The Morgan fingerprint density at radius 1 is 1.15 bits per heavy atom. The van der Waals surface area contributed by atoms with Crippen LogP contribution in [0.25, 0.3) is 22.3 Å². The van der Waals surface area contributed by atoms with Gasteiger partial charge in [0.25, 0.3) is 0 Å². The summed E-state index contributed by atoms with van der Waals surface area (Å²) in [5.41, 5.74) is 4.94. The van der Waals surface area contributed by atoms with Crippen LogP contribution in [0.4, 0.5) is 0 Å². The predicted molar refractivity (Wildman–Crippen MR) is 126 cm³/mol. The van der Waals surface area contributed by atoms with Crippen LogP contribution < -0.4 is 9.47 Å². The van der Waals surface area contributed by atoms with E-state index in [1.807, 2.05) is 18.2 Å². The maximum absolute atomic E-state index is 9.05. The number of hydrogen-bond donors (Lipinski definition) is 2. The quantitative estimate of drug-likeness (QED) is 0.564. The van der Waals surface area contributed by atoms with Crippen LogP contribution in [0.1, 0.15) is 30.4 Å². The average molecular weight is 448 g/mol. The summed E-state index contributed by atoms with van der Waals surface area (Å²) in [5, 5.41) is 10.1. The summed E-state index contributed by atoms with van der Waals surface area (Å²) in [5.74, 6) is 7.51. The maximum Gasteiger partial charge on any atom is 0.161 e. The summed E-state index contributed by atoms with van der Waals surface area (Å²) >= 11 is 0. The molecule has 5 rings (SSSR count). The molecule has 2 N–H and O–H groups in total. The molecule has 0 saturated carbocycles. The van der Waals surface area contributed by atoms with Gasteiger partial charge in [0.15, 0.2) is 11.5 Å². The van der Waals surface area contributed by atoms with E-state index in [2.05, 4.69) is 32.8 Å². The van der Waals surface area contributed by atoms with Crippen LogP contribution in [0.2, 0.25) is 0 Å². The van der Waals surface area contributed by atoms with Gasteiger partial charge in [0, 0.05) is 53.3 Å². The van der Waals surface area contributed by atoms with Gasteiger partial charge in [-0.3, -0.25) is 4.90 Å². The van der Waals surface area contributed by atoms with Gasteiger partial charge in [-0.2, -0.15) is 0 Å². The first-order chi connectivity index (χ1) is 16.2. The van der Waals surface area contributed by atoms with Gasteiger partial charge in [0.05, 0.1) is 39.7 Å².